The maximum atomic E-state index is 12.9. The Morgan fingerprint density at radius 3 is 2.27 bits per heavy atom. The number of hydrogen-bond donors (Lipinski definition) is 2. The molecule has 2 aromatic carbocycles. The Bertz CT molecular complexity index is 1050. The number of benzene rings is 2. The van der Waals surface area contributed by atoms with Crippen molar-refractivity contribution in [1.82, 2.24) is 4.90 Å². The molecule has 0 radical (unpaired) electrons. The van der Waals surface area contributed by atoms with Gasteiger partial charge in [0.05, 0.1) is 31.5 Å². The summed E-state index contributed by atoms with van der Waals surface area (Å²) >= 11 is 0. The molecule has 2 N–H and O–H groups in total. The normalized spacial score (nSPS) is 26.6. The van der Waals surface area contributed by atoms with Gasteiger partial charge >= 0.3 is 0 Å². The van der Waals surface area contributed by atoms with Crippen molar-refractivity contribution in [3.63, 3.8) is 0 Å². The number of ether oxygens (including phenoxy) is 3. The molecule has 11 heteroatoms. The summed E-state index contributed by atoms with van der Waals surface area (Å²) in [7, 11) is 1.56. The number of hydrogen-bond acceptors (Lipinski definition) is 8. The van der Waals surface area contributed by atoms with E-state index in [0.29, 0.717) is 5.75 Å². The Morgan fingerprint density at radius 2 is 1.70 bits per heavy atom. The van der Waals surface area contributed by atoms with E-state index in [4.69, 9.17) is 19.7 Å². The molecule has 2 heterocycles. The van der Waals surface area contributed by atoms with Gasteiger partial charge in [0, 0.05) is 4.91 Å². The minimum atomic E-state index is -1.62. The van der Waals surface area contributed by atoms with Crippen LogP contribution in [0, 0.1) is 0 Å². The van der Waals surface area contributed by atoms with E-state index in [1.807, 2.05) is 12.1 Å². The second-order valence-corrected chi connectivity index (χ2v) is 7.63. The van der Waals surface area contributed by atoms with E-state index in [0.717, 1.165) is 10.5 Å². The summed E-state index contributed by atoms with van der Waals surface area (Å²) in [4.78, 5) is 29.2. The highest BCUT2D eigenvalue weighted by atomic mass is 16.6. The zero-order chi connectivity index (χ0) is 23.5. The smallest absolute Gasteiger partial charge is 0.261 e. The molecule has 11 nitrogen and oxygen atoms in total. The van der Waals surface area contributed by atoms with E-state index < -0.39 is 42.4 Å². The average Bonchev–Trinajstić information content (AvgIpc) is 3.08. The number of methoxy groups -OCH3 is 1. The maximum Gasteiger partial charge on any atom is 0.261 e. The van der Waals surface area contributed by atoms with Gasteiger partial charge < -0.3 is 24.4 Å². The highest BCUT2D eigenvalue weighted by Gasteiger charge is 2.52. The highest BCUT2D eigenvalue weighted by Crippen LogP contribution is 2.33. The summed E-state index contributed by atoms with van der Waals surface area (Å²) in [6, 6.07) is 12.0. The van der Waals surface area contributed by atoms with Gasteiger partial charge in [-0.15, -0.1) is 0 Å². The second kappa shape index (κ2) is 9.57. The third kappa shape index (κ3) is 4.28. The van der Waals surface area contributed by atoms with Crippen LogP contribution in [0.2, 0.25) is 0 Å². The van der Waals surface area contributed by atoms with Crippen molar-refractivity contribution in [3.8, 4) is 5.75 Å². The SMILES string of the molecule is COc1ccc(COC[C@H]2O[C@@H](N=[N+]=[N-])[C@H](N3C(=O)c4ccccc4C3=O)[C@@H](O)[C@@H]2O)cc1. The van der Waals surface area contributed by atoms with E-state index in [1.165, 1.54) is 12.1 Å². The first-order valence-electron chi connectivity index (χ1n) is 10.2. The summed E-state index contributed by atoms with van der Waals surface area (Å²) in [6.07, 6.45) is -5.59. The maximum absolute atomic E-state index is 12.9. The Morgan fingerprint density at radius 1 is 1.06 bits per heavy atom. The van der Waals surface area contributed by atoms with Crippen molar-refractivity contribution in [2.75, 3.05) is 13.7 Å². The van der Waals surface area contributed by atoms with Crippen LogP contribution in [0.15, 0.2) is 53.6 Å². The fourth-order valence-electron chi connectivity index (χ4n) is 3.99. The Hall–Kier alpha value is -3.47. The molecule has 2 aliphatic heterocycles. The standard InChI is InChI=1S/C22H22N4O7/c1-31-13-8-6-12(7-9-13)10-32-11-16-18(27)19(28)17(20(33-16)24-25-23)26-21(29)14-4-2-3-5-15(14)22(26)30/h2-9,16-20,27-28H,10-11H2,1H3/t16-,17-,18-,19-,20-/m1/s1. The molecule has 2 aromatic rings. The van der Waals surface area contributed by atoms with Gasteiger partial charge in [0.15, 0.2) is 6.23 Å². The van der Waals surface area contributed by atoms with E-state index >= 15 is 0 Å². The molecule has 0 unspecified atom stereocenters. The third-order valence-electron chi connectivity index (χ3n) is 5.69. The van der Waals surface area contributed by atoms with Crippen molar-refractivity contribution >= 4 is 11.8 Å². The lowest BCUT2D eigenvalue weighted by molar-refractivity contribution is -0.208. The summed E-state index contributed by atoms with van der Waals surface area (Å²) in [6.45, 7) is 0.0667. The molecule has 0 saturated carbocycles. The van der Waals surface area contributed by atoms with E-state index in [9.17, 15) is 19.8 Å². The van der Waals surface area contributed by atoms with Gasteiger partial charge in [-0.1, -0.05) is 29.4 Å². The molecule has 5 atom stereocenters. The van der Waals surface area contributed by atoms with Crippen molar-refractivity contribution < 1.29 is 34.0 Å². The lowest BCUT2D eigenvalue weighted by Gasteiger charge is -2.43. The third-order valence-corrected chi connectivity index (χ3v) is 5.69. The minimum absolute atomic E-state index is 0.128. The largest absolute Gasteiger partial charge is 0.497 e. The minimum Gasteiger partial charge on any atom is -0.497 e. The van der Waals surface area contributed by atoms with Gasteiger partial charge in [-0.3, -0.25) is 14.5 Å². The Labute approximate surface area is 188 Å². The number of rotatable bonds is 7. The highest BCUT2D eigenvalue weighted by molar-refractivity contribution is 6.21. The van der Waals surface area contributed by atoms with Crippen molar-refractivity contribution in [3.05, 3.63) is 75.7 Å². The predicted octanol–water partition coefficient (Wildman–Crippen LogP) is 1.63. The van der Waals surface area contributed by atoms with Crippen LogP contribution in [0.1, 0.15) is 26.3 Å². The van der Waals surface area contributed by atoms with Crippen LogP contribution in [0.3, 0.4) is 0 Å². The number of amides is 2. The zero-order valence-electron chi connectivity index (χ0n) is 17.6. The first-order chi connectivity index (χ1) is 16.0. The summed E-state index contributed by atoms with van der Waals surface area (Å²) in [5.74, 6) is -0.630. The quantitative estimate of drug-likeness (QED) is 0.279. The monoisotopic (exact) mass is 454 g/mol. The number of aliphatic hydroxyl groups is 2. The molecular weight excluding hydrogens is 432 g/mol. The zero-order valence-corrected chi connectivity index (χ0v) is 17.6. The van der Waals surface area contributed by atoms with Crippen LogP contribution < -0.4 is 4.74 Å². The number of imide groups is 1. The molecule has 172 valence electrons. The first kappa shape index (κ1) is 22.7. The van der Waals surface area contributed by atoms with Gasteiger partial charge in [0.25, 0.3) is 11.8 Å². The van der Waals surface area contributed by atoms with Crippen molar-refractivity contribution in [2.24, 2.45) is 5.11 Å². The van der Waals surface area contributed by atoms with Gasteiger partial charge in [0.1, 0.15) is 30.1 Å². The van der Waals surface area contributed by atoms with Gasteiger partial charge in [-0.25, -0.2) is 0 Å². The number of azide groups is 1. The van der Waals surface area contributed by atoms with Crippen LogP contribution in [-0.2, 0) is 16.1 Å². The number of carbonyl (C=O) groups is 2. The molecular formula is C22H22N4O7. The average molecular weight is 454 g/mol. The van der Waals surface area contributed by atoms with Crippen molar-refractivity contribution in [1.29, 1.82) is 0 Å². The van der Waals surface area contributed by atoms with E-state index in [2.05, 4.69) is 10.0 Å². The number of aliphatic hydroxyl groups excluding tert-OH is 2. The lowest BCUT2D eigenvalue weighted by Crippen LogP contribution is -2.64. The van der Waals surface area contributed by atoms with Crippen molar-refractivity contribution in [2.45, 2.75) is 37.2 Å². The van der Waals surface area contributed by atoms with E-state index in [-0.39, 0.29) is 24.3 Å². The van der Waals surface area contributed by atoms with Crippen LogP contribution >= 0.6 is 0 Å². The van der Waals surface area contributed by atoms with Crippen LogP contribution in [0.4, 0.5) is 0 Å². The molecule has 4 rings (SSSR count). The molecule has 0 aromatic heterocycles. The molecule has 0 bridgehead atoms. The number of carbonyl (C=O) groups excluding carboxylic acids is 2. The summed E-state index contributed by atoms with van der Waals surface area (Å²) in [5.41, 5.74) is 10.2. The molecule has 0 aliphatic carbocycles. The molecule has 1 saturated heterocycles. The number of nitrogens with zero attached hydrogens (tertiary/aromatic N) is 4. The topological polar surface area (TPSA) is 154 Å². The Balaban J connectivity index is 1.48. The molecule has 2 aliphatic rings. The summed E-state index contributed by atoms with van der Waals surface area (Å²) < 4.78 is 16.4. The lowest BCUT2D eigenvalue weighted by atomic mass is 9.95. The van der Waals surface area contributed by atoms with Crippen LogP contribution in [-0.4, -0.2) is 71.2 Å². The van der Waals surface area contributed by atoms with Gasteiger partial charge in [-0.05, 0) is 35.4 Å². The van der Waals surface area contributed by atoms with E-state index in [1.54, 1.807) is 31.4 Å². The summed E-state index contributed by atoms with van der Waals surface area (Å²) in [5, 5.41) is 25.0. The predicted molar refractivity (Wildman–Crippen MR) is 113 cm³/mol. The second-order valence-electron chi connectivity index (χ2n) is 7.63. The molecule has 1 fully saturated rings. The Kier molecular flexibility index (Phi) is 6.59. The molecule has 2 amide bonds. The first-order valence-corrected chi connectivity index (χ1v) is 10.2. The van der Waals surface area contributed by atoms with Crippen LogP contribution in [0.25, 0.3) is 10.4 Å². The number of fused-ring (bicyclic) bond motifs is 1. The molecule has 33 heavy (non-hydrogen) atoms. The molecule has 0 spiro atoms. The van der Waals surface area contributed by atoms with Gasteiger partial charge in [-0.2, -0.15) is 0 Å². The van der Waals surface area contributed by atoms with Gasteiger partial charge in [0.2, 0.25) is 0 Å². The van der Waals surface area contributed by atoms with Crippen LogP contribution in [0.5, 0.6) is 5.75 Å². The fourth-order valence-corrected chi connectivity index (χ4v) is 3.99. The fraction of sp³-hybridized carbons (Fsp3) is 0.364.